The van der Waals surface area contributed by atoms with Gasteiger partial charge in [0.1, 0.15) is 0 Å². The number of non-ortho nitro benzene ring substituents is 1. The molecule has 0 heterocycles. The summed E-state index contributed by atoms with van der Waals surface area (Å²) >= 11 is 0. The number of nitro benzene ring substituents is 1. The molecule has 0 aliphatic carbocycles. The van der Waals surface area contributed by atoms with E-state index in [4.69, 9.17) is 0 Å². The van der Waals surface area contributed by atoms with Crippen LogP contribution in [0.3, 0.4) is 0 Å². The van der Waals surface area contributed by atoms with E-state index in [1.165, 1.54) is 37.3 Å². The second-order valence-corrected chi connectivity index (χ2v) is 6.18. The Hall–Kier alpha value is -2.74. The molecule has 1 N–H and O–H groups in total. The molecular weight excluding hydrogens is 308 g/mol. The van der Waals surface area contributed by atoms with Crippen molar-refractivity contribution in [2.45, 2.75) is 11.8 Å². The van der Waals surface area contributed by atoms with Gasteiger partial charge in [-0.25, -0.2) is 8.42 Å². The number of hydrogen-bond acceptors (Lipinski definition) is 5. The van der Waals surface area contributed by atoms with E-state index in [0.29, 0.717) is 5.56 Å². The molecule has 0 amide bonds. The molecule has 0 aromatic heterocycles. The average Bonchev–Trinajstić information content (AvgIpc) is 2.47. The van der Waals surface area contributed by atoms with E-state index >= 15 is 0 Å². The number of nitro groups is 1. The molecule has 7 nitrogen and oxygen atoms in total. The lowest BCUT2D eigenvalue weighted by atomic mass is 10.1. The van der Waals surface area contributed by atoms with E-state index < -0.39 is 14.9 Å². The third-order valence-electron chi connectivity index (χ3n) is 2.86. The number of benzene rings is 2. The lowest BCUT2D eigenvalue weighted by molar-refractivity contribution is -0.385. The number of ketones is 1. The molecule has 2 aromatic rings. The van der Waals surface area contributed by atoms with Crippen molar-refractivity contribution in [1.82, 2.24) is 0 Å². The Morgan fingerprint density at radius 3 is 2.45 bits per heavy atom. The number of hydrogen-bond donors (Lipinski definition) is 1. The Kier molecular flexibility index (Phi) is 4.22. The van der Waals surface area contributed by atoms with Crippen LogP contribution in [0, 0.1) is 10.1 Å². The zero-order chi connectivity index (χ0) is 16.3. The van der Waals surface area contributed by atoms with Gasteiger partial charge in [-0.15, -0.1) is 0 Å². The number of nitrogens with one attached hydrogen (secondary N) is 1. The van der Waals surface area contributed by atoms with Crippen LogP contribution in [-0.4, -0.2) is 19.1 Å². The molecule has 0 radical (unpaired) electrons. The summed E-state index contributed by atoms with van der Waals surface area (Å²) < 4.78 is 26.8. The average molecular weight is 320 g/mol. The molecule has 22 heavy (non-hydrogen) atoms. The number of rotatable bonds is 5. The van der Waals surface area contributed by atoms with Gasteiger partial charge in [-0.3, -0.25) is 19.6 Å². The van der Waals surface area contributed by atoms with E-state index in [-0.39, 0.29) is 22.1 Å². The summed E-state index contributed by atoms with van der Waals surface area (Å²) in [6.45, 7) is 1.37. The standard InChI is InChI=1S/C14H12N2O5S/c1-10(17)11-4-2-5-12(8-11)15-22(20,21)14-7-3-6-13(9-14)16(18)19/h2-9,15H,1H3. The normalized spacial score (nSPS) is 11.0. The van der Waals surface area contributed by atoms with Gasteiger partial charge < -0.3 is 0 Å². The maximum Gasteiger partial charge on any atom is 0.270 e. The summed E-state index contributed by atoms with van der Waals surface area (Å²) in [6.07, 6.45) is 0. The summed E-state index contributed by atoms with van der Waals surface area (Å²) in [5.74, 6) is -0.198. The molecule has 2 aromatic carbocycles. The number of carbonyl (C=O) groups is 1. The summed E-state index contributed by atoms with van der Waals surface area (Å²) in [7, 11) is -3.98. The van der Waals surface area contributed by atoms with Crippen LogP contribution in [0.1, 0.15) is 17.3 Å². The molecule has 0 bridgehead atoms. The van der Waals surface area contributed by atoms with Crippen LogP contribution in [0.25, 0.3) is 0 Å². The molecule has 0 unspecified atom stereocenters. The van der Waals surface area contributed by atoms with Gasteiger partial charge in [0, 0.05) is 23.4 Å². The molecule has 0 aliphatic heterocycles. The second-order valence-electron chi connectivity index (χ2n) is 4.50. The SMILES string of the molecule is CC(=O)c1cccc(NS(=O)(=O)c2cccc([N+](=O)[O-])c2)c1. The van der Waals surface area contributed by atoms with Crippen LogP contribution in [0.15, 0.2) is 53.4 Å². The predicted octanol–water partition coefficient (Wildman–Crippen LogP) is 2.60. The molecule has 0 saturated carbocycles. The quantitative estimate of drug-likeness (QED) is 0.517. The van der Waals surface area contributed by atoms with Gasteiger partial charge in [0.2, 0.25) is 0 Å². The molecule has 114 valence electrons. The molecule has 2 rings (SSSR count). The highest BCUT2D eigenvalue weighted by molar-refractivity contribution is 7.92. The summed E-state index contributed by atoms with van der Waals surface area (Å²) in [5.41, 5.74) is 0.249. The van der Waals surface area contributed by atoms with E-state index in [1.54, 1.807) is 12.1 Å². The minimum Gasteiger partial charge on any atom is -0.295 e. The van der Waals surface area contributed by atoms with Gasteiger partial charge in [-0.05, 0) is 25.1 Å². The first-order chi connectivity index (χ1) is 10.3. The zero-order valence-corrected chi connectivity index (χ0v) is 12.3. The predicted molar refractivity (Wildman–Crippen MR) is 80.4 cm³/mol. The topological polar surface area (TPSA) is 106 Å². The third kappa shape index (κ3) is 3.47. The summed E-state index contributed by atoms with van der Waals surface area (Å²) in [6, 6.07) is 10.7. The molecule has 0 saturated heterocycles. The van der Waals surface area contributed by atoms with Crippen LogP contribution in [0.2, 0.25) is 0 Å². The number of carbonyl (C=O) groups excluding carboxylic acids is 1. The van der Waals surface area contributed by atoms with Crippen molar-refractivity contribution in [3.05, 3.63) is 64.2 Å². The van der Waals surface area contributed by atoms with Gasteiger partial charge in [0.15, 0.2) is 5.78 Å². The smallest absolute Gasteiger partial charge is 0.270 e. The zero-order valence-electron chi connectivity index (χ0n) is 11.5. The van der Waals surface area contributed by atoms with Gasteiger partial charge in [0.25, 0.3) is 15.7 Å². The summed E-state index contributed by atoms with van der Waals surface area (Å²) in [5, 5.41) is 10.7. The first-order valence-electron chi connectivity index (χ1n) is 6.18. The third-order valence-corrected chi connectivity index (χ3v) is 4.24. The lowest BCUT2D eigenvalue weighted by Crippen LogP contribution is -2.13. The van der Waals surface area contributed by atoms with Crippen molar-refractivity contribution in [3.8, 4) is 0 Å². The fourth-order valence-electron chi connectivity index (χ4n) is 1.78. The largest absolute Gasteiger partial charge is 0.295 e. The Morgan fingerprint density at radius 2 is 1.82 bits per heavy atom. The molecule has 0 spiro atoms. The van der Waals surface area contributed by atoms with Crippen LogP contribution in [0.5, 0.6) is 0 Å². The van der Waals surface area contributed by atoms with Crippen molar-refractivity contribution < 1.29 is 18.1 Å². The van der Waals surface area contributed by atoms with Crippen molar-refractivity contribution >= 4 is 27.2 Å². The highest BCUT2D eigenvalue weighted by atomic mass is 32.2. The first kappa shape index (κ1) is 15.6. The minimum atomic E-state index is -3.98. The van der Waals surface area contributed by atoms with Gasteiger partial charge in [0.05, 0.1) is 9.82 Å². The highest BCUT2D eigenvalue weighted by Crippen LogP contribution is 2.21. The van der Waals surface area contributed by atoms with E-state index in [0.717, 1.165) is 6.07 Å². The molecule has 0 atom stereocenters. The van der Waals surface area contributed by atoms with Crippen molar-refractivity contribution in [3.63, 3.8) is 0 Å². The minimum absolute atomic E-state index is 0.198. The maximum absolute atomic E-state index is 12.2. The van der Waals surface area contributed by atoms with Gasteiger partial charge >= 0.3 is 0 Å². The highest BCUT2D eigenvalue weighted by Gasteiger charge is 2.18. The van der Waals surface area contributed by atoms with Gasteiger partial charge in [-0.2, -0.15) is 0 Å². The monoisotopic (exact) mass is 320 g/mol. The summed E-state index contributed by atoms with van der Waals surface area (Å²) in [4.78, 5) is 21.1. The number of anilines is 1. The lowest BCUT2D eigenvalue weighted by Gasteiger charge is -2.08. The number of Topliss-reactive ketones (excluding diaryl/α,β-unsaturated/α-hetero) is 1. The Morgan fingerprint density at radius 1 is 1.14 bits per heavy atom. The molecule has 0 aliphatic rings. The van der Waals surface area contributed by atoms with E-state index in [2.05, 4.69) is 4.72 Å². The Balaban J connectivity index is 2.35. The van der Waals surface area contributed by atoms with Crippen molar-refractivity contribution in [2.24, 2.45) is 0 Å². The van der Waals surface area contributed by atoms with E-state index in [1.807, 2.05) is 0 Å². The first-order valence-corrected chi connectivity index (χ1v) is 7.66. The van der Waals surface area contributed by atoms with Crippen LogP contribution < -0.4 is 4.72 Å². The van der Waals surface area contributed by atoms with Crippen LogP contribution in [0.4, 0.5) is 11.4 Å². The van der Waals surface area contributed by atoms with Crippen molar-refractivity contribution in [2.75, 3.05) is 4.72 Å². The number of nitrogens with zero attached hydrogens (tertiary/aromatic N) is 1. The molecule has 8 heteroatoms. The van der Waals surface area contributed by atoms with Gasteiger partial charge in [-0.1, -0.05) is 18.2 Å². The Labute approximate surface area is 126 Å². The second kappa shape index (κ2) is 5.94. The Bertz CT molecular complexity index is 846. The maximum atomic E-state index is 12.2. The fourth-order valence-corrected chi connectivity index (χ4v) is 2.87. The van der Waals surface area contributed by atoms with Crippen LogP contribution >= 0.6 is 0 Å². The number of sulfonamides is 1. The van der Waals surface area contributed by atoms with E-state index in [9.17, 15) is 23.3 Å². The molecule has 0 fully saturated rings. The fraction of sp³-hybridized carbons (Fsp3) is 0.0714. The van der Waals surface area contributed by atoms with Crippen molar-refractivity contribution in [1.29, 1.82) is 0 Å². The van der Waals surface area contributed by atoms with Crippen LogP contribution in [-0.2, 0) is 10.0 Å². The molecular formula is C14H12N2O5S.